The molecule has 0 atom stereocenters. The summed E-state index contributed by atoms with van der Waals surface area (Å²) in [5.41, 5.74) is 15.6. The summed E-state index contributed by atoms with van der Waals surface area (Å²) in [6.07, 6.45) is 0. The van der Waals surface area contributed by atoms with Crippen LogP contribution in [-0.2, 0) is 5.41 Å². The van der Waals surface area contributed by atoms with E-state index in [1.165, 1.54) is 83.1 Å². The molecule has 1 heterocycles. The predicted molar refractivity (Wildman–Crippen MR) is 217 cm³/mol. The number of fused-ring (bicyclic) bond motifs is 6. The fourth-order valence-electron chi connectivity index (χ4n) is 8.62. The number of aromatic nitrogens is 1. The van der Waals surface area contributed by atoms with Gasteiger partial charge in [0.2, 0.25) is 0 Å². The maximum absolute atomic E-state index is 3.66. The van der Waals surface area contributed by atoms with E-state index in [2.05, 4.69) is 215 Å². The maximum atomic E-state index is 3.66. The van der Waals surface area contributed by atoms with Gasteiger partial charge in [-0.25, -0.2) is 0 Å². The minimum Gasteiger partial charge on any atom is -0.309 e. The second kappa shape index (κ2) is 11.8. The van der Waals surface area contributed by atoms with E-state index in [1.54, 1.807) is 0 Å². The van der Waals surface area contributed by atoms with Crippen molar-refractivity contribution >= 4 is 37.7 Å². The first-order valence-electron chi connectivity index (χ1n) is 17.5. The number of benzene rings is 8. The molecule has 0 N–H and O–H groups in total. The third-order valence-corrected chi connectivity index (χ3v) is 11.2. The van der Waals surface area contributed by atoms with Crippen molar-refractivity contribution in [2.45, 2.75) is 5.41 Å². The lowest BCUT2D eigenvalue weighted by Gasteiger charge is -2.35. The first-order chi connectivity index (χ1) is 25.2. The number of hydrogen-bond acceptors (Lipinski definition) is 0. The lowest BCUT2D eigenvalue weighted by atomic mass is 9.67. The Morgan fingerprint density at radius 3 is 1.71 bits per heavy atom. The van der Waals surface area contributed by atoms with Gasteiger partial charge in [0.15, 0.2) is 0 Å². The molecule has 0 aliphatic heterocycles. The van der Waals surface area contributed by atoms with E-state index in [4.69, 9.17) is 0 Å². The molecule has 0 radical (unpaired) electrons. The SMILES string of the molecule is Brc1cccc(-c2cccc(-c3ccc4c5ccccc5n(-c5cccc6c5C(c5ccccc5)(c5ccccc5)c5ccccc5-6)c4c3)c2)c1. The van der Waals surface area contributed by atoms with Crippen molar-refractivity contribution in [1.82, 2.24) is 4.57 Å². The fourth-order valence-corrected chi connectivity index (χ4v) is 9.02. The smallest absolute Gasteiger partial charge is 0.0734 e. The van der Waals surface area contributed by atoms with Crippen molar-refractivity contribution in [3.05, 3.63) is 221 Å². The van der Waals surface area contributed by atoms with Gasteiger partial charge in [-0.1, -0.05) is 174 Å². The van der Waals surface area contributed by atoms with Crippen LogP contribution < -0.4 is 0 Å². The summed E-state index contributed by atoms with van der Waals surface area (Å²) in [6.45, 7) is 0. The standard InChI is InChI=1S/C49H32BrN/c50-39-21-12-16-35(31-39)33-14-11-15-34(30-33)36-28-29-42-41-23-8-10-26-45(41)51(47(42)32-36)46-27-13-24-43-40-22-7-9-25-44(40)49(48(43)46,37-17-3-1-4-18-37)38-19-5-2-6-20-38/h1-32H. The number of para-hydroxylation sites is 1. The van der Waals surface area contributed by atoms with Crippen LogP contribution >= 0.6 is 15.9 Å². The van der Waals surface area contributed by atoms with Crippen LogP contribution in [0.1, 0.15) is 22.3 Å². The van der Waals surface area contributed by atoms with Gasteiger partial charge in [0.05, 0.1) is 22.1 Å². The molecule has 0 saturated carbocycles. The summed E-state index contributed by atoms with van der Waals surface area (Å²) in [5, 5.41) is 2.50. The highest BCUT2D eigenvalue weighted by atomic mass is 79.9. The molecule has 10 rings (SSSR count). The second-order valence-corrected chi connectivity index (χ2v) is 14.3. The van der Waals surface area contributed by atoms with Gasteiger partial charge in [-0.2, -0.15) is 0 Å². The van der Waals surface area contributed by atoms with Gasteiger partial charge in [-0.15, -0.1) is 0 Å². The molecule has 9 aromatic rings. The van der Waals surface area contributed by atoms with Gasteiger partial charge in [-0.3, -0.25) is 0 Å². The van der Waals surface area contributed by atoms with Crippen molar-refractivity contribution in [3.8, 4) is 39.1 Å². The average molecular weight is 715 g/mol. The van der Waals surface area contributed by atoms with Crippen LogP contribution in [0.15, 0.2) is 199 Å². The van der Waals surface area contributed by atoms with Crippen molar-refractivity contribution in [3.63, 3.8) is 0 Å². The zero-order valence-corrected chi connectivity index (χ0v) is 29.4. The molecule has 2 heteroatoms. The molecule has 1 aliphatic rings. The Hall–Kier alpha value is -5.96. The monoisotopic (exact) mass is 713 g/mol. The molecule has 0 spiro atoms. The van der Waals surface area contributed by atoms with E-state index in [1.807, 2.05) is 0 Å². The minimum absolute atomic E-state index is 0.515. The minimum atomic E-state index is -0.515. The first-order valence-corrected chi connectivity index (χ1v) is 18.3. The Morgan fingerprint density at radius 1 is 0.392 bits per heavy atom. The first kappa shape index (κ1) is 29.9. The van der Waals surface area contributed by atoms with Crippen LogP contribution in [-0.4, -0.2) is 4.57 Å². The molecule has 0 amide bonds. The number of nitrogens with zero attached hydrogens (tertiary/aromatic N) is 1. The van der Waals surface area contributed by atoms with Gasteiger partial charge in [0, 0.05) is 20.8 Å². The molecule has 0 saturated heterocycles. The summed E-state index contributed by atoms with van der Waals surface area (Å²) in [7, 11) is 0. The van der Waals surface area contributed by atoms with Crippen LogP contribution in [0.3, 0.4) is 0 Å². The Labute approximate surface area is 306 Å². The van der Waals surface area contributed by atoms with E-state index in [0.717, 1.165) is 4.47 Å². The zero-order chi connectivity index (χ0) is 33.9. The van der Waals surface area contributed by atoms with E-state index >= 15 is 0 Å². The van der Waals surface area contributed by atoms with Crippen LogP contribution in [0, 0.1) is 0 Å². The molecule has 1 nitrogen and oxygen atoms in total. The number of halogens is 1. The summed E-state index contributed by atoms with van der Waals surface area (Å²) < 4.78 is 3.61. The van der Waals surface area contributed by atoms with Crippen LogP contribution in [0.25, 0.3) is 60.9 Å². The Balaban J connectivity index is 1.29. The van der Waals surface area contributed by atoms with Gasteiger partial charge in [0.25, 0.3) is 0 Å². The second-order valence-electron chi connectivity index (χ2n) is 13.4. The topological polar surface area (TPSA) is 4.93 Å². The fraction of sp³-hybridized carbons (Fsp3) is 0.0204. The lowest BCUT2D eigenvalue weighted by molar-refractivity contribution is 0.762. The van der Waals surface area contributed by atoms with Crippen molar-refractivity contribution in [2.75, 3.05) is 0 Å². The van der Waals surface area contributed by atoms with Crippen molar-refractivity contribution in [2.24, 2.45) is 0 Å². The molecule has 51 heavy (non-hydrogen) atoms. The van der Waals surface area contributed by atoms with Crippen molar-refractivity contribution < 1.29 is 0 Å². The predicted octanol–water partition coefficient (Wildman–Crippen LogP) is 13.2. The van der Waals surface area contributed by atoms with Gasteiger partial charge >= 0.3 is 0 Å². The molecule has 8 aromatic carbocycles. The van der Waals surface area contributed by atoms with E-state index in [9.17, 15) is 0 Å². The van der Waals surface area contributed by atoms with Gasteiger partial charge < -0.3 is 4.57 Å². The highest BCUT2D eigenvalue weighted by molar-refractivity contribution is 9.10. The molecule has 0 unspecified atom stereocenters. The third-order valence-electron chi connectivity index (χ3n) is 10.7. The summed E-state index contributed by atoms with van der Waals surface area (Å²) in [5.74, 6) is 0. The van der Waals surface area contributed by atoms with Gasteiger partial charge in [0.1, 0.15) is 0 Å². The van der Waals surface area contributed by atoms with Crippen molar-refractivity contribution in [1.29, 1.82) is 0 Å². The highest BCUT2D eigenvalue weighted by Gasteiger charge is 2.47. The molecule has 240 valence electrons. The largest absolute Gasteiger partial charge is 0.309 e. The molecule has 1 aliphatic carbocycles. The Morgan fingerprint density at radius 2 is 0.961 bits per heavy atom. The molecule has 0 bridgehead atoms. The maximum Gasteiger partial charge on any atom is 0.0734 e. The number of rotatable bonds is 5. The molecule has 0 fully saturated rings. The quantitative estimate of drug-likeness (QED) is 0.167. The van der Waals surface area contributed by atoms with Gasteiger partial charge in [-0.05, 0) is 86.5 Å². The molecule has 1 aromatic heterocycles. The third kappa shape index (κ3) is 4.53. The van der Waals surface area contributed by atoms with Crippen LogP contribution in [0.5, 0.6) is 0 Å². The highest BCUT2D eigenvalue weighted by Crippen LogP contribution is 2.58. The van der Waals surface area contributed by atoms with E-state index < -0.39 is 5.41 Å². The van der Waals surface area contributed by atoms with E-state index in [0.29, 0.717) is 0 Å². The summed E-state index contributed by atoms with van der Waals surface area (Å²) >= 11 is 3.66. The Bertz CT molecular complexity index is 2720. The molecular formula is C49H32BrN. The zero-order valence-electron chi connectivity index (χ0n) is 27.8. The molecular weight excluding hydrogens is 682 g/mol. The van der Waals surface area contributed by atoms with Crippen LogP contribution in [0.4, 0.5) is 0 Å². The number of hydrogen-bond donors (Lipinski definition) is 0. The lowest BCUT2D eigenvalue weighted by Crippen LogP contribution is -2.29. The normalized spacial score (nSPS) is 13.0. The Kier molecular flexibility index (Phi) is 6.94. The van der Waals surface area contributed by atoms with Crippen LogP contribution in [0.2, 0.25) is 0 Å². The average Bonchev–Trinajstić information content (AvgIpc) is 3.69. The van der Waals surface area contributed by atoms with E-state index in [-0.39, 0.29) is 0 Å². The summed E-state index contributed by atoms with van der Waals surface area (Å²) in [4.78, 5) is 0. The summed E-state index contributed by atoms with van der Waals surface area (Å²) in [6, 6.07) is 71.3.